The number of hydrogen-bond acceptors (Lipinski definition) is 3. The number of hydrogen-bond donors (Lipinski definition) is 1. The van der Waals surface area contributed by atoms with Gasteiger partial charge in [0.05, 0.1) is 6.07 Å². The number of amides is 2. The fourth-order valence-corrected chi connectivity index (χ4v) is 5.00. The summed E-state index contributed by atoms with van der Waals surface area (Å²) in [6.45, 7) is 1.59. The summed E-state index contributed by atoms with van der Waals surface area (Å²) in [5.74, 6) is 0.205. The molecular formula is C24H31N3O2. The van der Waals surface area contributed by atoms with Gasteiger partial charge in [0.15, 0.2) is 0 Å². The molecule has 0 radical (unpaired) electrons. The van der Waals surface area contributed by atoms with Crippen LogP contribution in [0.25, 0.3) is 0 Å². The van der Waals surface area contributed by atoms with E-state index in [4.69, 9.17) is 0 Å². The van der Waals surface area contributed by atoms with Crippen molar-refractivity contribution in [3.05, 3.63) is 35.9 Å². The number of carbonyl (C=O) groups is 2. The summed E-state index contributed by atoms with van der Waals surface area (Å²) in [6, 6.07) is 12.8. The molecule has 154 valence electrons. The minimum absolute atomic E-state index is 0.0823. The highest BCUT2D eigenvalue weighted by molar-refractivity contribution is 5.88. The van der Waals surface area contributed by atoms with Crippen molar-refractivity contribution in [2.24, 2.45) is 17.8 Å². The predicted octanol–water partition coefficient (Wildman–Crippen LogP) is 3.45. The van der Waals surface area contributed by atoms with Crippen LogP contribution in [0, 0.1) is 29.1 Å². The van der Waals surface area contributed by atoms with Gasteiger partial charge in [-0.05, 0) is 56.4 Å². The number of rotatable bonds is 5. The van der Waals surface area contributed by atoms with Crippen LogP contribution in [0.3, 0.4) is 0 Å². The first kappa shape index (κ1) is 19.9. The molecule has 0 aromatic heterocycles. The molecule has 1 saturated heterocycles. The molecular weight excluding hydrogens is 362 g/mol. The highest BCUT2D eigenvalue weighted by Crippen LogP contribution is 2.37. The molecule has 5 nitrogen and oxygen atoms in total. The Labute approximate surface area is 173 Å². The van der Waals surface area contributed by atoms with Gasteiger partial charge in [-0.15, -0.1) is 0 Å². The maximum atomic E-state index is 13.3. The SMILES string of the molecule is N#CC1(NC(=O)[C@@H]2CCCC[C@H]2C(=O)N2CCC(Cc3ccccc3)CC2)CC1. The normalized spacial score (nSPS) is 26.4. The molecule has 1 aromatic carbocycles. The summed E-state index contributed by atoms with van der Waals surface area (Å²) in [5, 5.41) is 12.2. The lowest BCUT2D eigenvalue weighted by Gasteiger charge is -2.38. The van der Waals surface area contributed by atoms with E-state index in [0.717, 1.165) is 70.9 Å². The van der Waals surface area contributed by atoms with Crippen molar-refractivity contribution in [3.63, 3.8) is 0 Å². The van der Waals surface area contributed by atoms with Gasteiger partial charge in [-0.2, -0.15) is 5.26 Å². The zero-order chi connectivity index (χ0) is 20.3. The van der Waals surface area contributed by atoms with Crippen LogP contribution in [-0.4, -0.2) is 35.3 Å². The summed E-state index contributed by atoms with van der Waals surface area (Å²) in [5.41, 5.74) is 0.713. The van der Waals surface area contributed by atoms with Gasteiger partial charge in [0.25, 0.3) is 0 Å². The van der Waals surface area contributed by atoms with Gasteiger partial charge in [-0.1, -0.05) is 43.2 Å². The van der Waals surface area contributed by atoms with E-state index in [1.807, 2.05) is 11.0 Å². The van der Waals surface area contributed by atoms with Gasteiger partial charge in [-0.25, -0.2) is 0 Å². The van der Waals surface area contributed by atoms with Crippen LogP contribution in [0.4, 0.5) is 0 Å². The summed E-state index contributed by atoms with van der Waals surface area (Å²) < 4.78 is 0. The van der Waals surface area contributed by atoms with Crippen LogP contribution in [-0.2, 0) is 16.0 Å². The molecule has 29 heavy (non-hydrogen) atoms. The summed E-state index contributed by atoms with van der Waals surface area (Å²) in [6.07, 6.45) is 8.14. The molecule has 2 atom stereocenters. The fourth-order valence-electron chi connectivity index (χ4n) is 5.00. The minimum Gasteiger partial charge on any atom is -0.342 e. The zero-order valence-electron chi connectivity index (χ0n) is 17.1. The number of piperidine rings is 1. The van der Waals surface area contributed by atoms with E-state index in [0.29, 0.717) is 5.92 Å². The maximum Gasteiger partial charge on any atom is 0.226 e. The second-order valence-electron chi connectivity index (χ2n) is 9.14. The standard InChI is InChI=1S/C24H31N3O2/c25-17-24(12-13-24)26-22(28)20-8-4-5-9-21(20)23(29)27-14-10-19(11-15-27)16-18-6-2-1-3-7-18/h1-3,6-7,19-21H,4-5,8-16H2,(H,26,28)/t20-,21-/m1/s1. The van der Waals surface area contributed by atoms with Crippen LogP contribution in [0.1, 0.15) is 56.9 Å². The molecule has 3 fully saturated rings. The average Bonchev–Trinajstić information content (AvgIpc) is 3.54. The van der Waals surface area contributed by atoms with Crippen LogP contribution in [0.5, 0.6) is 0 Å². The molecule has 1 aromatic rings. The zero-order valence-corrected chi connectivity index (χ0v) is 17.1. The largest absolute Gasteiger partial charge is 0.342 e. The Morgan fingerprint density at radius 3 is 2.31 bits per heavy atom. The van der Waals surface area contributed by atoms with E-state index in [2.05, 4.69) is 35.7 Å². The van der Waals surface area contributed by atoms with Gasteiger partial charge in [0, 0.05) is 24.9 Å². The Morgan fingerprint density at radius 1 is 1.03 bits per heavy atom. The van der Waals surface area contributed by atoms with E-state index in [1.54, 1.807) is 0 Å². The van der Waals surface area contributed by atoms with Crippen molar-refractivity contribution in [3.8, 4) is 6.07 Å². The Morgan fingerprint density at radius 2 is 1.69 bits per heavy atom. The number of nitrogens with zero attached hydrogens (tertiary/aromatic N) is 2. The molecule has 2 amide bonds. The molecule has 0 unspecified atom stereocenters. The van der Waals surface area contributed by atoms with Crippen molar-refractivity contribution >= 4 is 11.8 Å². The van der Waals surface area contributed by atoms with Crippen LogP contribution >= 0.6 is 0 Å². The van der Waals surface area contributed by atoms with Crippen molar-refractivity contribution in [1.82, 2.24) is 10.2 Å². The van der Waals surface area contributed by atoms with Crippen LogP contribution in [0.15, 0.2) is 30.3 Å². The van der Waals surface area contributed by atoms with Gasteiger partial charge in [0.1, 0.15) is 5.54 Å². The molecule has 1 aliphatic heterocycles. The lowest BCUT2D eigenvalue weighted by molar-refractivity contribution is -0.145. The smallest absolute Gasteiger partial charge is 0.226 e. The monoisotopic (exact) mass is 393 g/mol. The van der Waals surface area contributed by atoms with E-state index in [-0.39, 0.29) is 23.7 Å². The van der Waals surface area contributed by atoms with Crippen molar-refractivity contribution < 1.29 is 9.59 Å². The van der Waals surface area contributed by atoms with Crippen molar-refractivity contribution in [2.45, 2.75) is 63.3 Å². The highest BCUT2D eigenvalue weighted by Gasteiger charge is 2.47. The number of benzene rings is 1. The van der Waals surface area contributed by atoms with Crippen molar-refractivity contribution in [2.75, 3.05) is 13.1 Å². The Kier molecular flexibility index (Phi) is 5.89. The summed E-state index contributed by atoms with van der Waals surface area (Å²) in [7, 11) is 0. The topological polar surface area (TPSA) is 73.2 Å². The molecule has 1 heterocycles. The fraction of sp³-hybridized carbons (Fsp3) is 0.625. The maximum absolute atomic E-state index is 13.3. The van der Waals surface area contributed by atoms with E-state index in [9.17, 15) is 14.9 Å². The van der Waals surface area contributed by atoms with Crippen LogP contribution < -0.4 is 5.32 Å². The second kappa shape index (κ2) is 8.57. The van der Waals surface area contributed by atoms with E-state index in [1.165, 1.54) is 5.56 Å². The number of nitriles is 1. The lowest BCUT2D eigenvalue weighted by atomic mass is 9.77. The van der Waals surface area contributed by atoms with E-state index >= 15 is 0 Å². The van der Waals surface area contributed by atoms with Crippen molar-refractivity contribution in [1.29, 1.82) is 5.26 Å². The average molecular weight is 394 g/mol. The first-order chi connectivity index (χ1) is 14.1. The molecule has 1 N–H and O–H groups in total. The van der Waals surface area contributed by atoms with Crippen LogP contribution in [0.2, 0.25) is 0 Å². The van der Waals surface area contributed by atoms with Gasteiger partial charge < -0.3 is 10.2 Å². The third kappa shape index (κ3) is 4.63. The first-order valence-corrected chi connectivity index (χ1v) is 11.2. The summed E-state index contributed by atoms with van der Waals surface area (Å²) in [4.78, 5) is 28.1. The first-order valence-electron chi connectivity index (χ1n) is 11.2. The third-order valence-corrected chi connectivity index (χ3v) is 7.04. The van der Waals surface area contributed by atoms with Gasteiger partial charge >= 0.3 is 0 Å². The Hall–Kier alpha value is -2.35. The third-order valence-electron chi connectivity index (χ3n) is 7.04. The Balaban J connectivity index is 1.33. The van der Waals surface area contributed by atoms with Gasteiger partial charge in [-0.3, -0.25) is 9.59 Å². The summed E-state index contributed by atoms with van der Waals surface area (Å²) >= 11 is 0. The lowest BCUT2D eigenvalue weighted by Crippen LogP contribution is -2.49. The highest BCUT2D eigenvalue weighted by atomic mass is 16.2. The molecule has 4 rings (SSSR count). The minimum atomic E-state index is -0.655. The molecule has 0 bridgehead atoms. The molecule has 2 aliphatic carbocycles. The Bertz CT molecular complexity index is 773. The molecule has 3 aliphatic rings. The number of nitrogens with one attached hydrogen (secondary N) is 1. The molecule has 0 spiro atoms. The molecule has 2 saturated carbocycles. The van der Waals surface area contributed by atoms with E-state index < -0.39 is 5.54 Å². The van der Waals surface area contributed by atoms with Gasteiger partial charge in [0.2, 0.25) is 11.8 Å². The predicted molar refractivity (Wildman–Crippen MR) is 111 cm³/mol. The number of carbonyl (C=O) groups excluding carboxylic acids is 2. The molecule has 5 heteroatoms. The second-order valence-corrected chi connectivity index (χ2v) is 9.14. The quantitative estimate of drug-likeness (QED) is 0.833. The number of likely N-dealkylation sites (tertiary alicyclic amines) is 1.